The Kier molecular flexibility index (Phi) is 2.28. The van der Waals surface area contributed by atoms with Crippen molar-refractivity contribution < 1.29 is 0 Å². The Bertz CT molecular complexity index is 631. The van der Waals surface area contributed by atoms with E-state index in [1.165, 1.54) is 0 Å². The van der Waals surface area contributed by atoms with E-state index in [0.29, 0.717) is 5.82 Å². The van der Waals surface area contributed by atoms with Crippen molar-refractivity contribution in [3.63, 3.8) is 0 Å². The molecule has 4 heteroatoms. The van der Waals surface area contributed by atoms with Crippen LogP contribution in [0.4, 0.5) is 0 Å². The summed E-state index contributed by atoms with van der Waals surface area (Å²) >= 11 is 0. The molecule has 4 nitrogen and oxygen atoms in total. The minimum Gasteiger partial charge on any atom is -0.306 e. The van der Waals surface area contributed by atoms with Crippen molar-refractivity contribution in [1.82, 2.24) is 15.0 Å². The van der Waals surface area contributed by atoms with Crippen LogP contribution in [0, 0.1) is 6.92 Å². The van der Waals surface area contributed by atoms with Crippen LogP contribution in [0.25, 0.3) is 11.4 Å². The number of aryl methyl sites for hydroxylation is 2. The number of pyridine rings is 1. The maximum atomic E-state index is 11.9. The summed E-state index contributed by atoms with van der Waals surface area (Å²) in [6.45, 7) is 1.99. The Morgan fingerprint density at radius 3 is 3.06 bits per heavy atom. The second kappa shape index (κ2) is 3.80. The quantitative estimate of drug-likeness (QED) is 0.805. The normalized spacial score (nSPS) is 13.7. The minimum atomic E-state index is 0.00533. The third-order valence-electron chi connectivity index (χ3n) is 3.24. The average Bonchev–Trinajstić information content (AvgIpc) is 2.78. The SMILES string of the molecule is Cc1ccncc1-c1nc2c(c(=O)[nH]1)CCC2. The molecule has 0 aromatic carbocycles. The molecule has 0 atom stereocenters. The number of aromatic nitrogens is 3. The molecule has 2 heterocycles. The highest BCUT2D eigenvalue weighted by molar-refractivity contribution is 5.58. The molecule has 0 amide bonds. The van der Waals surface area contributed by atoms with Gasteiger partial charge >= 0.3 is 0 Å². The van der Waals surface area contributed by atoms with Crippen LogP contribution in [0.2, 0.25) is 0 Å². The van der Waals surface area contributed by atoms with Gasteiger partial charge in [0.1, 0.15) is 5.82 Å². The highest BCUT2D eigenvalue weighted by atomic mass is 16.1. The number of nitrogens with one attached hydrogen (secondary N) is 1. The number of fused-ring (bicyclic) bond motifs is 1. The minimum absolute atomic E-state index is 0.00533. The third-order valence-corrected chi connectivity index (χ3v) is 3.24. The zero-order valence-electron chi connectivity index (χ0n) is 9.66. The molecular formula is C13H13N3O. The number of aromatic amines is 1. The molecule has 0 fully saturated rings. The summed E-state index contributed by atoms with van der Waals surface area (Å²) in [6.07, 6.45) is 6.27. The maximum Gasteiger partial charge on any atom is 0.254 e. The van der Waals surface area contributed by atoms with Crippen LogP contribution < -0.4 is 5.56 Å². The second-order valence-corrected chi connectivity index (χ2v) is 4.38. The smallest absolute Gasteiger partial charge is 0.254 e. The first-order chi connectivity index (χ1) is 8.25. The van der Waals surface area contributed by atoms with E-state index in [1.807, 2.05) is 13.0 Å². The van der Waals surface area contributed by atoms with Crippen LogP contribution in [-0.2, 0) is 12.8 Å². The number of hydrogen-bond donors (Lipinski definition) is 1. The Balaban J connectivity index is 2.20. The van der Waals surface area contributed by atoms with E-state index in [-0.39, 0.29) is 5.56 Å². The van der Waals surface area contributed by atoms with Crippen LogP contribution in [0.15, 0.2) is 23.3 Å². The highest BCUT2D eigenvalue weighted by Crippen LogP contribution is 2.21. The first kappa shape index (κ1) is 10.2. The number of H-pyrrole nitrogens is 1. The maximum absolute atomic E-state index is 11.9. The van der Waals surface area contributed by atoms with Gasteiger partial charge in [-0.25, -0.2) is 4.98 Å². The molecule has 0 radical (unpaired) electrons. The first-order valence-corrected chi connectivity index (χ1v) is 5.79. The molecule has 3 rings (SSSR count). The third kappa shape index (κ3) is 1.65. The van der Waals surface area contributed by atoms with Crippen LogP contribution in [-0.4, -0.2) is 15.0 Å². The van der Waals surface area contributed by atoms with E-state index in [0.717, 1.165) is 41.6 Å². The van der Waals surface area contributed by atoms with Gasteiger partial charge in [0.2, 0.25) is 0 Å². The van der Waals surface area contributed by atoms with E-state index < -0.39 is 0 Å². The number of nitrogens with zero attached hydrogens (tertiary/aromatic N) is 2. The molecule has 0 saturated heterocycles. The molecule has 0 aliphatic heterocycles. The molecule has 0 spiro atoms. The van der Waals surface area contributed by atoms with Crippen molar-refractivity contribution in [1.29, 1.82) is 0 Å². The van der Waals surface area contributed by atoms with Gasteiger partial charge in [0.25, 0.3) is 5.56 Å². The number of hydrogen-bond acceptors (Lipinski definition) is 3. The number of rotatable bonds is 1. The fraction of sp³-hybridized carbons (Fsp3) is 0.308. The zero-order valence-corrected chi connectivity index (χ0v) is 9.66. The molecule has 0 unspecified atom stereocenters. The van der Waals surface area contributed by atoms with E-state index in [9.17, 15) is 4.79 Å². The van der Waals surface area contributed by atoms with Gasteiger partial charge in [-0.1, -0.05) is 0 Å². The van der Waals surface area contributed by atoms with Gasteiger partial charge in [-0.15, -0.1) is 0 Å². The van der Waals surface area contributed by atoms with Gasteiger partial charge in [0.15, 0.2) is 0 Å². The van der Waals surface area contributed by atoms with Gasteiger partial charge in [-0.2, -0.15) is 0 Å². The fourth-order valence-corrected chi connectivity index (χ4v) is 2.28. The van der Waals surface area contributed by atoms with Crippen LogP contribution in [0.3, 0.4) is 0 Å². The Morgan fingerprint density at radius 2 is 2.24 bits per heavy atom. The Hall–Kier alpha value is -1.97. The van der Waals surface area contributed by atoms with Crippen molar-refractivity contribution >= 4 is 0 Å². The van der Waals surface area contributed by atoms with E-state index in [4.69, 9.17) is 0 Å². The monoisotopic (exact) mass is 227 g/mol. The van der Waals surface area contributed by atoms with Crippen LogP contribution in [0.5, 0.6) is 0 Å². The van der Waals surface area contributed by atoms with Gasteiger partial charge in [0, 0.05) is 23.5 Å². The van der Waals surface area contributed by atoms with E-state index in [2.05, 4.69) is 15.0 Å². The van der Waals surface area contributed by atoms with Crippen molar-refractivity contribution in [3.8, 4) is 11.4 Å². The van der Waals surface area contributed by atoms with E-state index >= 15 is 0 Å². The summed E-state index contributed by atoms with van der Waals surface area (Å²) in [5, 5.41) is 0. The molecule has 2 aromatic heterocycles. The lowest BCUT2D eigenvalue weighted by Crippen LogP contribution is -2.15. The van der Waals surface area contributed by atoms with Crippen molar-refractivity contribution in [3.05, 3.63) is 45.6 Å². The Labute approximate surface area is 98.8 Å². The lowest BCUT2D eigenvalue weighted by molar-refractivity contribution is 0.899. The molecule has 17 heavy (non-hydrogen) atoms. The highest BCUT2D eigenvalue weighted by Gasteiger charge is 2.18. The largest absolute Gasteiger partial charge is 0.306 e. The summed E-state index contributed by atoms with van der Waals surface area (Å²) in [7, 11) is 0. The van der Waals surface area contributed by atoms with Gasteiger partial charge < -0.3 is 4.98 Å². The van der Waals surface area contributed by atoms with Crippen molar-refractivity contribution in [2.75, 3.05) is 0 Å². The first-order valence-electron chi connectivity index (χ1n) is 5.79. The van der Waals surface area contributed by atoms with Gasteiger partial charge in [-0.3, -0.25) is 9.78 Å². The summed E-state index contributed by atoms with van der Waals surface area (Å²) < 4.78 is 0. The lowest BCUT2D eigenvalue weighted by Gasteiger charge is -2.06. The average molecular weight is 227 g/mol. The van der Waals surface area contributed by atoms with Crippen LogP contribution in [0.1, 0.15) is 23.2 Å². The second-order valence-electron chi connectivity index (χ2n) is 4.38. The summed E-state index contributed by atoms with van der Waals surface area (Å²) in [6, 6.07) is 1.92. The fourth-order valence-electron chi connectivity index (χ4n) is 2.28. The van der Waals surface area contributed by atoms with Gasteiger partial charge in [0.05, 0.1) is 5.69 Å². The van der Waals surface area contributed by atoms with Crippen molar-refractivity contribution in [2.45, 2.75) is 26.2 Å². The topological polar surface area (TPSA) is 58.6 Å². The molecule has 1 aliphatic carbocycles. The molecule has 1 N–H and O–H groups in total. The molecule has 1 aliphatic rings. The zero-order chi connectivity index (χ0) is 11.8. The van der Waals surface area contributed by atoms with Crippen molar-refractivity contribution in [2.24, 2.45) is 0 Å². The van der Waals surface area contributed by atoms with Gasteiger partial charge in [-0.05, 0) is 37.8 Å². The Morgan fingerprint density at radius 1 is 1.35 bits per heavy atom. The molecular weight excluding hydrogens is 214 g/mol. The predicted molar refractivity (Wildman–Crippen MR) is 64.9 cm³/mol. The molecule has 0 saturated carbocycles. The predicted octanol–water partition coefficient (Wildman–Crippen LogP) is 1.63. The molecule has 86 valence electrons. The molecule has 0 bridgehead atoms. The van der Waals surface area contributed by atoms with E-state index in [1.54, 1.807) is 12.4 Å². The summed E-state index contributed by atoms with van der Waals surface area (Å²) in [5.74, 6) is 0.640. The van der Waals surface area contributed by atoms with Crippen LogP contribution >= 0.6 is 0 Å². The lowest BCUT2D eigenvalue weighted by atomic mass is 10.1. The summed E-state index contributed by atoms with van der Waals surface area (Å²) in [4.78, 5) is 23.4. The standard InChI is InChI=1S/C13H13N3O/c1-8-5-6-14-7-10(8)12-15-11-4-2-3-9(11)13(17)16-12/h5-7H,2-4H2,1H3,(H,15,16,17). The summed E-state index contributed by atoms with van der Waals surface area (Å²) in [5.41, 5.74) is 3.79. The molecule has 2 aromatic rings.